The van der Waals surface area contributed by atoms with Crippen molar-refractivity contribution < 1.29 is 4.79 Å². The van der Waals surface area contributed by atoms with Crippen LogP contribution in [-0.2, 0) is 13.0 Å². The highest BCUT2D eigenvalue weighted by Gasteiger charge is 2.20. The fraction of sp³-hybridized carbons (Fsp3) is 0.333. The lowest BCUT2D eigenvalue weighted by atomic mass is 9.97. The van der Waals surface area contributed by atoms with Gasteiger partial charge >= 0.3 is 0 Å². The van der Waals surface area contributed by atoms with Crippen LogP contribution in [0.2, 0.25) is 0 Å². The zero-order valence-corrected chi connectivity index (χ0v) is 15.0. The lowest BCUT2D eigenvalue weighted by Gasteiger charge is -2.30. The summed E-state index contributed by atoms with van der Waals surface area (Å²) in [5.74, 6) is 0.844. The molecule has 0 saturated heterocycles. The number of hydrogen-bond acceptors (Lipinski definition) is 3. The molecule has 0 spiro atoms. The van der Waals surface area contributed by atoms with Gasteiger partial charge in [-0.2, -0.15) is 0 Å². The summed E-state index contributed by atoms with van der Waals surface area (Å²) in [5, 5.41) is 2.79. The van der Waals surface area contributed by atoms with Gasteiger partial charge in [0.25, 0.3) is 5.91 Å². The van der Waals surface area contributed by atoms with E-state index in [2.05, 4.69) is 50.2 Å². The molecule has 5 heteroatoms. The Morgan fingerprint density at radius 2 is 2.22 bits per heavy atom. The molecule has 1 aromatic heterocycles. The van der Waals surface area contributed by atoms with E-state index in [4.69, 9.17) is 0 Å². The lowest BCUT2D eigenvalue weighted by molar-refractivity contribution is 0.0955. The highest BCUT2D eigenvalue weighted by molar-refractivity contribution is 9.10. The maximum absolute atomic E-state index is 11.8. The van der Waals surface area contributed by atoms with Gasteiger partial charge in [0.2, 0.25) is 0 Å². The van der Waals surface area contributed by atoms with Gasteiger partial charge in [-0.25, -0.2) is 4.98 Å². The molecule has 2 aromatic rings. The van der Waals surface area contributed by atoms with Gasteiger partial charge in [0, 0.05) is 30.3 Å². The largest absolute Gasteiger partial charge is 0.352 e. The molecule has 1 N–H and O–H groups in total. The van der Waals surface area contributed by atoms with E-state index < -0.39 is 0 Å². The molecule has 0 fully saturated rings. The predicted molar refractivity (Wildman–Crippen MR) is 95.9 cm³/mol. The average molecular weight is 374 g/mol. The first kappa shape index (κ1) is 16.0. The molecule has 0 radical (unpaired) electrons. The zero-order valence-electron chi connectivity index (χ0n) is 13.4. The second-order valence-corrected chi connectivity index (χ2v) is 6.67. The molecule has 4 nitrogen and oxygen atoms in total. The number of aryl methyl sites for hydroxylation is 1. The van der Waals surface area contributed by atoms with Crippen molar-refractivity contribution >= 4 is 27.7 Å². The summed E-state index contributed by atoms with van der Waals surface area (Å²) in [6, 6.07) is 8.19. The van der Waals surface area contributed by atoms with Crippen LogP contribution in [0.3, 0.4) is 0 Å². The number of nitrogens with one attached hydrogen (secondary N) is 1. The number of aromatic nitrogens is 1. The molecule has 23 heavy (non-hydrogen) atoms. The van der Waals surface area contributed by atoms with Crippen LogP contribution in [0.5, 0.6) is 0 Å². The molecule has 2 heterocycles. The Morgan fingerprint density at radius 1 is 1.39 bits per heavy atom. The molecular weight excluding hydrogens is 354 g/mol. The number of carbonyl (C=O) groups is 1. The molecule has 0 atom stereocenters. The number of amides is 1. The summed E-state index contributed by atoms with van der Waals surface area (Å²) >= 11 is 3.67. The number of halogens is 1. The van der Waals surface area contributed by atoms with E-state index in [1.54, 1.807) is 6.20 Å². The van der Waals surface area contributed by atoms with Crippen molar-refractivity contribution in [3.63, 3.8) is 0 Å². The molecule has 3 rings (SSSR count). The molecule has 1 aromatic carbocycles. The molecule has 0 unspecified atom stereocenters. The van der Waals surface area contributed by atoms with Crippen LogP contribution in [-0.4, -0.2) is 24.0 Å². The molecule has 0 saturated carbocycles. The number of benzene rings is 1. The Bertz CT molecular complexity index is 728. The van der Waals surface area contributed by atoms with Gasteiger partial charge in [0.15, 0.2) is 0 Å². The standard InChI is InChI=1S/C18H20BrN3O/c1-3-20-18(23)13-4-5-17(21-10-13)22-7-6-15-14(11-22)8-12(2)9-16(15)19/h4-5,8-10H,3,6-7,11H2,1-2H3,(H,20,23). The van der Waals surface area contributed by atoms with Crippen molar-refractivity contribution in [3.05, 3.63) is 57.2 Å². The fourth-order valence-electron chi connectivity index (χ4n) is 2.96. The Kier molecular flexibility index (Phi) is 4.66. The Labute approximate surface area is 145 Å². The van der Waals surface area contributed by atoms with Crippen LogP contribution in [0.15, 0.2) is 34.9 Å². The highest BCUT2D eigenvalue weighted by Crippen LogP contribution is 2.29. The summed E-state index contributed by atoms with van der Waals surface area (Å²) in [7, 11) is 0. The van der Waals surface area contributed by atoms with Crippen LogP contribution < -0.4 is 10.2 Å². The van der Waals surface area contributed by atoms with Gasteiger partial charge in [-0.3, -0.25) is 4.79 Å². The SMILES string of the molecule is CCNC(=O)c1ccc(N2CCc3c(Br)cc(C)cc3C2)nc1. The molecular formula is C18H20BrN3O. The number of carbonyl (C=O) groups excluding carboxylic acids is 1. The van der Waals surface area contributed by atoms with E-state index in [-0.39, 0.29) is 5.91 Å². The van der Waals surface area contributed by atoms with Gasteiger partial charge in [-0.15, -0.1) is 0 Å². The number of fused-ring (bicyclic) bond motifs is 1. The van der Waals surface area contributed by atoms with Crippen molar-refractivity contribution in [3.8, 4) is 0 Å². The van der Waals surface area contributed by atoms with E-state index in [0.717, 1.165) is 25.3 Å². The topological polar surface area (TPSA) is 45.2 Å². The van der Waals surface area contributed by atoms with Crippen molar-refractivity contribution in [2.24, 2.45) is 0 Å². The Morgan fingerprint density at radius 3 is 2.91 bits per heavy atom. The van der Waals surface area contributed by atoms with Gasteiger partial charge in [-0.05, 0) is 55.2 Å². The monoisotopic (exact) mass is 373 g/mol. The number of nitrogens with zero attached hydrogens (tertiary/aromatic N) is 2. The minimum absolute atomic E-state index is 0.0740. The average Bonchev–Trinajstić information content (AvgIpc) is 2.54. The molecule has 120 valence electrons. The number of rotatable bonds is 3. The minimum Gasteiger partial charge on any atom is -0.352 e. The second kappa shape index (κ2) is 6.71. The molecule has 0 bridgehead atoms. The maximum Gasteiger partial charge on any atom is 0.252 e. The summed E-state index contributed by atoms with van der Waals surface area (Å²) in [6.45, 7) is 6.43. The second-order valence-electron chi connectivity index (χ2n) is 5.82. The van der Waals surface area contributed by atoms with Crippen LogP contribution >= 0.6 is 15.9 Å². The van der Waals surface area contributed by atoms with Gasteiger partial charge in [-0.1, -0.05) is 22.0 Å². The van der Waals surface area contributed by atoms with Crippen LogP contribution in [0, 0.1) is 6.92 Å². The minimum atomic E-state index is -0.0740. The van der Waals surface area contributed by atoms with E-state index >= 15 is 0 Å². The highest BCUT2D eigenvalue weighted by atomic mass is 79.9. The van der Waals surface area contributed by atoms with Crippen molar-refractivity contribution in [2.75, 3.05) is 18.0 Å². The molecule has 1 aliphatic heterocycles. The summed E-state index contributed by atoms with van der Waals surface area (Å²) < 4.78 is 1.20. The quantitative estimate of drug-likeness (QED) is 0.895. The van der Waals surface area contributed by atoms with Crippen LogP contribution in [0.4, 0.5) is 5.82 Å². The lowest BCUT2D eigenvalue weighted by Crippen LogP contribution is -2.31. The molecule has 1 aliphatic rings. The van der Waals surface area contributed by atoms with E-state index in [9.17, 15) is 4.79 Å². The fourth-order valence-corrected chi connectivity index (χ4v) is 3.78. The first-order valence-corrected chi connectivity index (χ1v) is 8.65. The van der Waals surface area contributed by atoms with E-state index in [1.807, 2.05) is 19.1 Å². The van der Waals surface area contributed by atoms with E-state index in [1.165, 1.54) is 21.2 Å². The van der Waals surface area contributed by atoms with Gasteiger partial charge in [0.1, 0.15) is 5.82 Å². The maximum atomic E-state index is 11.8. The third-order valence-electron chi connectivity index (χ3n) is 4.10. The Balaban J connectivity index is 1.79. The number of anilines is 1. The van der Waals surface area contributed by atoms with E-state index in [0.29, 0.717) is 12.1 Å². The zero-order chi connectivity index (χ0) is 16.4. The molecule has 0 aliphatic carbocycles. The summed E-state index contributed by atoms with van der Waals surface area (Å²) in [6.07, 6.45) is 2.65. The predicted octanol–water partition coefficient (Wildman–Crippen LogP) is 3.46. The van der Waals surface area contributed by atoms with Gasteiger partial charge in [0.05, 0.1) is 5.56 Å². The van der Waals surface area contributed by atoms with Crippen molar-refractivity contribution in [1.29, 1.82) is 0 Å². The molecule has 1 amide bonds. The first-order chi connectivity index (χ1) is 11.1. The number of hydrogen-bond donors (Lipinski definition) is 1. The third-order valence-corrected chi connectivity index (χ3v) is 4.80. The third kappa shape index (κ3) is 3.39. The van der Waals surface area contributed by atoms with Crippen LogP contribution in [0.25, 0.3) is 0 Å². The Hall–Kier alpha value is -1.88. The smallest absolute Gasteiger partial charge is 0.252 e. The van der Waals surface area contributed by atoms with Gasteiger partial charge < -0.3 is 10.2 Å². The first-order valence-electron chi connectivity index (χ1n) is 7.85. The van der Waals surface area contributed by atoms with Crippen molar-refractivity contribution in [1.82, 2.24) is 10.3 Å². The summed E-state index contributed by atoms with van der Waals surface area (Å²) in [5.41, 5.74) is 4.60. The normalized spacial score (nSPS) is 13.6. The van der Waals surface area contributed by atoms with Crippen LogP contribution in [0.1, 0.15) is 34.0 Å². The van der Waals surface area contributed by atoms with Crippen molar-refractivity contribution in [2.45, 2.75) is 26.8 Å². The summed E-state index contributed by atoms with van der Waals surface area (Å²) in [4.78, 5) is 18.5. The number of pyridine rings is 1.